The summed E-state index contributed by atoms with van der Waals surface area (Å²) in [5, 5.41) is 11.3. The topological polar surface area (TPSA) is 54.1 Å². The van der Waals surface area contributed by atoms with Crippen molar-refractivity contribution >= 4 is 50.0 Å². The van der Waals surface area contributed by atoms with Gasteiger partial charge in [0.15, 0.2) is 6.23 Å². The van der Waals surface area contributed by atoms with E-state index in [4.69, 9.17) is 37.8 Å². The normalized spacial score (nSPS) is 23.0. The molecule has 2 aliphatic rings. The maximum absolute atomic E-state index is 6.53. The van der Waals surface area contributed by atoms with Crippen molar-refractivity contribution in [3.8, 4) is 11.3 Å². The number of ether oxygens (including phenoxy) is 2. The third-order valence-corrected chi connectivity index (χ3v) is 6.98. The standard InChI is InChI=1S/C20H21BrCl2N4O2/c21-13-9-14(22)18(23)19-17(13)20(27(25-19)16-6-2-4-8-29-16)12-10-24-26(11-12)15-5-1-3-7-28-15/h9-11,15-16H,1-8H2. The summed E-state index contributed by atoms with van der Waals surface area (Å²) in [6, 6.07) is 1.82. The Morgan fingerprint density at radius 2 is 1.76 bits per heavy atom. The van der Waals surface area contributed by atoms with Crippen molar-refractivity contribution in [3.05, 3.63) is 33.0 Å². The number of fused-ring (bicyclic) bond motifs is 1. The van der Waals surface area contributed by atoms with Crippen molar-refractivity contribution in [1.82, 2.24) is 19.6 Å². The summed E-state index contributed by atoms with van der Waals surface area (Å²) in [5.74, 6) is 0. The molecule has 2 unspecified atom stereocenters. The Labute approximate surface area is 187 Å². The third kappa shape index (κ3) is 3.61. The fourth-order valence-electron chi connectivity index (χ4n) is 4.13. The number of nitrogens with zero attached hydrogens (tertiary/aromatic N) is 4. The monoisotopic (exact) mass is 498 g/mol. The summed E-state index contributed by atoms with van der Waals surface area (Å²) in [6.45, 7) is 1.50. The summed E-state index contributed by atoms with van der Waals surface area (Å²) in [4.78, 5) is 0. The molecule has 29 heavy (non-hydrogen) atoms. The average molecular weight is 500 g/mol. The van der Waals surface area contributed by atoms with Crippen LogP contribution in [0.4, 0.5) is 0 Å². The van der Waals surface area contributed by atoms with Crippen LogP contribution in [-0.4, -0.2) is 32.8 Å². The number of aromatic nitrogens is 4. The van der Waals surface area contributed by atoms with Crippen molar-refractivity contribution < 1.29 is 9.47 Å². The van der Waals surface area contributed by atoms with Crippen molar-refractivity contribution in [2.45, 2.75) is 51.0 Å². The first kappa shape index (κ1) is 19.8. The molecule has 0 N–H and O–H groups in total. The number of halogens is 3. The van der Waals surface area contributed by atoms with Gasteiger partial charge in [0.05, 0.1) is 21.9 Å². The second-order valence-electron chi connectivity index (χ2n) is 7.52. The molecule has 0 radical (unpaired) electrons. The third-order valence-electron chi connectivity index (χ3n) is 5.57. The van der Waals surface area contributed by atoms with Crippen LogP contribution >= 0.6 is 39.1 Å². The van der Waals surface area contributed by atoms with E-state index >= 15 is 0 Å². The minimum Gasteiger partial charge on any atom is -0.357 e. The summed E-state index contributed by atoms with van der Waals surface area (Å²) in [5.41, 5.74) is 2.55. The van der Waals surface area contributed by atoms with Gasteiger partial charge in [0.2, 0.25) is 0 Å². The second-order valence-corrected chi connectivity index (χ2v) is 9.16. The van der Waals surface area contributed by atoms with Crippen LogP contribution in [-0.2, 0) is 9.47 Å². The molecule has 1 aromatic carbocycles. The Kier molecular flexibility index (Phi) is 5.60. The molecule has 0 aliphatic carbocycles. The average Bonchev–Trinajstić information content (AvgIpc) is 3.39. The van der Waals surface area contributed by atoms with Crippen molar-refractivity contribution in [2.75, 3.05) is 13.2 Å². The van der Waals surface area contributed by atoms with Gasteiger partial charge in [0, 0.05) is 34.8 Å². The zero-order valence-electron chi connectivity index (χ0n) is 15.8. The molecule has 4 heterocycles. The maximum Gasteiger partial charge on any atom is 0.150 e. The Balaban J connectivity index is 1.67. The minimum absolute atomic E-state index is 0.0208. The molecule has 2 atom stereocenters. The van der Waals surface area contributed by atoms with Gasteiger partial charge in [0.1, 0.15) is 11.7 Å². The van der Waals surface area contributed by atoms with Crippen LogP contribution in [0.15, 0.2) is 22.9 Å². The Morgan fingerprint density at radius 1 is 1.03 bits per heavy atom. The minimum atomic E-state index is -0.137. The summed E-state index contributed by atoms with van der Waals surface area (Å²) in [6.07, 6.45) is 10.0. The zero-order valence-corrected chi connectivity index (χ0v) is 18.9. The van der Waals surface area contributed by atoms with Crippen LogP contribution < -0.4 is 0 Å². The highest BCUT2D eigenvalue weighted by Crippen LogP contribution is 2.43. The highest BCUT2D eigenvalue weighted by atomic mass is 79.9. The van der Waals surface area contributed by atoms with E-state index in [1.165, 1.54) is 0 Å². The highest BCUT2D eigenvalue weighted by Gasteiger charge is 2.27. The van der Waals surface area contributed by atoms with Gasteiger partial charge in [-0.25, -0.2) is 9.36 Å². The van der Waals surface area contributed by atoms with Crippen LogP contribution in [0, 0.1) is 0 Å². The number of rotatable bonds is 3. The molecule has 9 heteroatoms. The summed E-state index contributed by atoms with van der Waals surface area (Å²) >= 11 is 16.5. The lowest BCUT2D eigenvalue weighted by Gasteiger charge is -2.24. The fourth-order valence-corrected chi connectivity index (χ4v) is 5.25. The lowest BCUT2D eigenvalue weighted by Crippen LogP contribution is -2.20. The van der Waals surface area contributed by atoms with E-state index in [0.29, 0.717) is 15.6 Å². The largest absolute Gasteiger partial charge is 0.357 e. The molecular formula is C20H21BrCl2N4O2. The molecule has 0 spiro atoms. The lowest BCUT2D eigenvalue weighted by atomic mass is 10.1. The predicted octanol–water partition coefficient (Wildman–Crippen LogP) is 6.37. The number of hydrogen-bond donors (Lipinski definition) is 0. The maximum atomic E-state index is 6.53. The van der Waals surface area contributed by atoms with E-state index in [1.807, 2.05) is 27.8 Å². The fraction of sp³-hybridized carbons (Fsp3) is 0.500. The Hall–Kier alpha value is -1.12. The molecule has 0 bridgehead atoms. The SMILES string of the molecule is Clc1cc(Br)c2c(-c3cnn(C4CCCCO4)c3)n(C3CCCCO3)nc2c1Cl. The van der Waals surface area contributed by atoms with Gasteiger partial charge in [-0.1, -0.05) is 23.2 Å². The molecule has 6 nitrogen and oxygen atoms in total. The van der Waals surface area contributed by atoms with Crippen LogP contribution in [0.3, 0.4) is 0 Å². The molecule has 154 valence electrons. The van der Waals surface area contributed by atoms with Crippen LogP contribution in [0.25, 0.3) is 22.2 Å². The molecular weight excluding hydrogens is 479 g/mol. The molecule has 5 rings (SSSR count). The smallest absolute Gasteiger partial charge is 0.150 e. The van der Waals surface area contributed by atoms with E-state index in [9.17, 15) is 0 Å². The van der Waals surface area contributed by atoms with Gasteiger partial charge in [-0.15, -0.1) is 0 Å². The number of benzene rings is 1. The molecule has 2 aliphatic heterocycles. The van der Waals surface area contributed by atoms with E-state index in [0.717, 1.165) is 72.9 Å². The van der Waals surface area contributed by atoms with Gasteiger partial charge in [-0.2, -0.15) is 10.2 Å². The summed E-state index contributed by atoms with van der Waals surface area (Å²) in [7, 11) is 0. The molecule has 2 aromatic heterocycles. The predicted molar refractivity (Wildman–Crippen MR) is 116 cm³/mol. The molecule has 0 amide bonds. The quantitative estimate of drug-likeness (QED) is 0.393. The van der Waals surface area contributed by atoms with Crippen molar-refractivity contribution in [2.24, 2.45) is 0 Å². The first-order valence-corrected chi connectivity index (χ1v) is 11.5. The van der Waals surface area contributed by atoms with E-state index < -0.39 is 0 Å². The second kappa shape index (κ2) is 8.19. The van der Waals surface area contributed by atoms with Crippen LogP contribution in [0.2, 0.25) is 10.0 Å². The van der Waals surface area contributed by atoms with Crippen molar-refractivity contribution in [3.63, 3.8) is 0 Å². The van der Waals surface area contributed by atoms with Crippen LogP contribution in [0.1, 0.15) is 51.0 Å². The summed E-state index contributed by atoms with van der Waals surface area (Å²) < 4.78 is 16.6. The molecule has 2 saturated heterocycles. The van der Waals surface area contributed by atoms with Gasteiger partial charge in [-0.3, -0.25) is 0 Å². The Bertz CT molecular complexity index is 1040. The van der Waals surface area contributed by atoms with Crippen molar-refractivity contribution in [1.29, 1.82) is 0 Å². The molecule has 2 fully saturated rings. The highest BCUT2D eigenvalue weighted by molar-refractivity contribution is 9.10. The Morgan fingerprint density at radius 3 is 2.45 bits per heavy atom. The van der Waals surface area contributed by atoms with Crippen LogP contribution in [0.5, 0.6) is 0 Å². The zero-order chi connectivity index (χ0) is 20.0. The van der Waals surface area contributed by atoms with Gasteiger partial charge >= 0.3 is 0 Å². The molecule has 3 aromatic rings. The number of hydrogen-bond acceptors (Lipinski definition) is 4. The van der Waals surface area contributed by atoms with Gasteiger partial charge < -0.3 is 9.47 Å². The van der Waals surface area contributed by atoms with Gasteiger partial charge in [0.25, 0.3) is 0 Å². The van der Waals surface area contributed by atoms with E-state index in [1.54, 1.807) is 0 Å². The van der Waals surface area contributed by atoms with E-state index in [-0.39, 0.29) is 12.5 Å². The molecule has 0 saturated carbocycles. The first-order chi connectivity index (χ1) is 14.1. The lowest BCUT2D eigenvalue weighted by molar-refractivity contribution is -0.0395. The van der Waals surface area contributed by atoms with Gasteiger partial charge in [-0.05, 0) is 60.5 Å². The van der Waals surface area contributed by atoms with E-state index in [2.05, 4.69) is 21.0 Å². The first-order valence-electron chi connectivity index (χ1n) is 9.97.